The quantitative estimate of drug-likeness (QED) is 0.879. The van der Waals surface area contributed by atoms with Gasteiger partial charge in [-0.25, -0.2) is 9.59 Å². The number of piperidine rings is 1. The first-order chi connectivity index (χ1) is 12.7. The lowest BCUT2D eigenvalue weighted by Gasteiger charge is -2.33. The topological polar surface area (TPSA) is 84.4 Å². The highest BCUT2D eigenvalue weighted by Crippen LogP contribution is 2.29. The van der Waals surface area contributed by atoms with Crippen molar-refractivity contribution < 1.29 is 9.53 Å². The average Bonchev–Trinajstić information content (AvgIpc) is 2.61. The molecule has 7 heteroatoms. The number of hydrogen-bond donors (Lipinski definition) is 1. The standard InChI is InChI=1S/C20H25N3O4/c1-20(2,3)27-19(26)22-11-8-15(9-12-22)14-4-6-16(7-5-14)23-13-10-17(24)21-18(23)25/h4-7,10,13,15H,8-9,11-12H2,1-3H3,(H,21,24,25). The number of likely N-dealkylation sites (tertiary alicyclic amines) is 1. The van der Waals surface area contributed by atoms with E-state index < -0.39 is 16.9 Å². The highest BCUT2D eigenvalue weighted by atomic mass is 16.6. The van der Waals surface area contributed by atoms with Crippen LogP contribution in [0.15, 0.2) is 46.1 Å². The summed E-state index contributed by atoms with van der Waals surface area (Å²) < 4.78 is 6.83. The number of nitrogens with one attached hydrogen (secondary N) is 1. The van der Waals surface area contributed by atoms with Gasteiger partial charge in [0.1, 0.15) is 5.60 Å². The molecular formula is C20H25N3O4. The van der Waals surface area contributed by atoms with E-state index in [2.05, 4.69) is 4.98 Å². The first kappa shape index (κ1) is 18.9. The molecule has 1 fully saturated rings. The van der Waals surface area contributed by atoms with Gasteiger partial charge in [-0.15, -0.1) is 0 Å². The second-order valence-electron chi connectivity index (χ2n) is 7.81. The maximum atomic E-state index is 12.2. The van der Waals surface area contributed by atoms with Crippen LogP contribution in [0.4, 0.5) is 4.79 Å². The summed E-state index contributed by atoms with van der Waals surface area (Å²) in [5, 5.41) is 0. The zero-order chi connectivity index (χ0) is 19.6. The monoisotopic (exact) mass is 371 g/mol. The Labute approximate surface area is 157 Å². The van der Waals surface area contributed by atoms with Crippen molar-refractivity contribution >= 4 is 6.09 Å². The summed E-state index contributed by atoms with van der Waals surface area (Å²) in [6, 6.07) is 9.06. The minimum atomic E-state index is -0.483. The number of aromatic amines is 1. The van der Waals surface area contributed by atoms with Crippen LogP contribution in [-0.4, -0.2) is 39.2 Å². The van der Waals surface area contributed by atoms with Gasteiger partial charge < -0.3 is 9.64 Å². The lowest BCUT2D eigenvalue weighted by atomic mass is 9.89. The molecule has 0 atom stereocenters. The Balaban J connectivity index is 1.64. The second-order valence-corrected chi connectivity index (χ2v) is 7.81. The number of nitrogens with zero attached hydrogens (tertiary/aromatic N) is 2. The molecule has 1 saturated heterocycles. The molecule has 1 amide bonds. The summed E-state index contributed by atoms with van der Waals surface area (Å²) in [7, 11) is 0. The van der Waals surface area contributed by atoms with E-state index in [0.717, 1.165) is 12.8 Å². The van der Waals surface area contributed by atoms with Gasteiger partial charge in [-0.3, -0.25) is 14.3 Å². The number of rotatable bonds is 2. The van der Waals surface area contributed by atoms with E-state index >= 15 is 0 Å². The Morgan fingerprint density at radius 3 is 2.26 bits per heavy atom. The Hall–Kier alpha value is -2.83. The predicted molar refractivity (Wildman–Crippen MR) is 102 cm³/mol. The normalized spacial score (nSPS) is 15.6. The molecule has 7 nitrogen and oxygen atoms in total. The van der Waals surface area contributed by atoms with Crippen molar-refractivity contribution in [3.63, 3.8) is 0 Å². The van der Waals surface area contributed by atoms with Crippen LogP contribution < -0.4 is 11.2 Å². The molecule has 0 bridgehead atoms. The molecule has 0 saturated carbocycles. The first-order valence-corrected chi connectivity index (χ1v) is 9.13. The first-order valence-electron chi connectivity index (χ1n) is 9.13. The zero-order valence-electron chi connectivity index (χ0n) is 15.9. The van der Waals surface area contributed by atoms with E-state index in [1.807, 2.05) is 45.0 Å². The van der Waals surface area contributed by atoms with Crippen LogP contribution in [0.1, 0.15) is 45.1 Å². The molecule has 1 aliphatic heterocycles. The summed E-state index contributed by atoms with van der Waals surface area (Å²) in [6.45, 7) is 6.94. The maximum absolute atomic E-state index is 12.2. The van der Waals surface area contributed by atoms with Crippen LogP contribution in [0, 0.1) is 0 Å². The van der Waals surface area contributed by atoms with E-state index in [1.54, 1.807) is 4.90 Å². The number of carbonyl (C=O) groups is 1. The van der Waals surface area contributed by atoms with Gasteiger partial charge in [-0.05, 0) is 57.2 Å². The minimum absolute atomic E-state index is 0.256. The number of amides is 1. The van der Waals surface area contributed by atoms with E-state index in [4.69, 9.17) is 4.74 Å². The van der Waals surface area contributed by atoms with Gasteiger partial charge in [-0.1, -0.05) is 12.1 Å². The fourth-order valence-electron chi connectivity index (χ4n) is 3.25. The van der Waals surface area contributed by atoms with Crippen molar-refractivity contribution in [2.24, 2.45) is 0 Å². The molecule has 2 aromatic rings. The summed E-state index contributed by atoms with van der Waals surface area (Å²) in [4.78, 5) is 39.2. The van der Waals surface area contributed by atoms with Crippen molar-refractivity contribution in [3.05, 3.63) is 62.9 Å². The lowest BCUT2D eigenvalue weighted by molar-refractivity contribution is 0.0205. The Bertz CT molecular complexity index is 914. The fourth-order valence-corrected chi connectivity index (χ4v) is 3.25. The molecular weight excluding hydrogens is 346 g/mol. The van der Waals surface area contributed by atoms with Gasteiger partial charge in [0.05, 0.1) is 5.69 Å². The second kappa shape index (κ2) is 7.42. The largest absolute Gasteiger partial charge is 0.444 e. The SMILES string of the molecule is CC(C)(C)OC(=O)N1CCC(c2ccc(-n3ccc(=O)[nH]c3=O)cc2)CC1. The van der Waals surface area contributed by atoms with Crippen LogP contribution in [-0.2, 0) is 4.74 Å². The molecule has 1 aromatic heterocycles. The lowest BCUT2D eigenvalue weighted by Crippen LogP contribution is -2.41. The van der Waals surface area contributed by atoms with Crippen LogP contribution in [0.2, 0.25) is 0 Å². The molecule has 2 heterocycles. The number of aromatic nitrogens is 2. The average molecular weight is 371 g/mol. The molecule has 0 unspecified atom stereocenters. The third-order valence-corrected chi connectivity index (χ3v) is 4.61. The van der Waals surface area contributed by atoms with Gasteiger partial charge >= 0.3 is 11.8 Å². The van der Waals surface area contributed by atoms with Crippen LogP contribution in [0.25, 0.3) is 5.69 Å². The van der Waals surface area contributed by atoms with Gasteiger partial charge in [0.2, 0.25) is 0 Å². The van der Waals surface area contributed by atoms with E-state index in [0.29, 0.717) is 24.7 Å². The molecule has 27 heavy (non-hydrogen) atoms. The van der Waals surface area contributed by atoms with Crippen LogP contribution in [0.3, 0.4) is 0 Å². The predicted octanol–water partition coefficient (Wildman–Crippen LogP) is 2.64. The highest BCUT2D eigenvalue weighted by Gasteiger charge is 2.27. The van der Waals surface area contributed by atoms with Crippen molar-refractivity contribution in [2.45, 2.75) is 45.1 Å². The minimum Gasteiger partial charge on any atom is -0.444 e. The maximum Gasteiger partial charge on any atom is 0.410 e. The summed E-state index contributed by atoms with van der Waals surface area (Å²) >= 11 is 0. The molecule has 1 aromatic carbocycles. The smallest absolute Gasteiger partial charge is 0.410 e. The van der Waals surface area contributed by atoms with Crippen molar-refractivity contribution in [2.75, 3.05) is 13.1 Å². The third-order valence-electron chi connectivity index (χ3n) is 4.61. The molecule has 0 radical (unpaired) electrons. The van der Waals surface area contributed by atoms with Gasteiger partial charge in [-0.2, -0.15) is 0 Å². The van der Waals surface area contributed by atoms with Gasteiger partial charge in [0, 0.05) is 25.4 Å². The molecule has 144 valence electrons. The number of hydrogen-bond acceptors (Lipinski definition) is 4. The fraction of sp³-hybridized carbons (Fsp3) is 0.450. The summed E-state index contributed by atoms with van der Waals surface area (Å²) in [5.41, 5.74) is 0.528. The molecule has 3 rings (SSSR count). The Morgan fingerprint density at radius 2 is 1.70 bits per heavy atom. The number of carbonyl (C=O) groups excluding carboxylic acids is 1. The molecule has 0 spiro atoms. The summed E-state index contributed by atoms with van der Waals surface area (Å²) in [5.74, 6) is 0.366. The van der Waals surface area contributed by atoms with E-state index in [1.165, 1.54) is 22.4 Å². The number of benzene rings is 1. The van der Waals surface area contributed by atoms with Crippen molar-refractivity contribution in [1.29, 1.82) is 0 Å². The molecule has 1 N–H and O–H groups in total. The third kappa shape index (κ3) is 4.67. The Morgan fingerprint density at radius 1 is 1.07 bits per heavy atom. The van der Waals surface area contributed by atoms with Crippen molar-refractivity contribution in [1.82, 2.24) is 14.5 Å². The zero-order valence-corrected chi connectivity index (χ0v) is 15.9. The molecule has 0 aliphatic carbocycles. The Kier molecular flexibility index (Phi) is 5.21. The van der Waals surface area contributed by atoms with Crippen LogP contribution in [0.5, 0.6) is 0 Å². The van der Waals surface area contributed by atoms with Crippen molar-refractivity contribution in [3.8, 4) is 5.69 Å². The summed E-state index contributed by atoms with van der Waals surface area (Å²) in [6.07, 6.45) is 2.96. The van der Waals surface area contributed by atoms with Crippen LogP contribution >= 0.6 is 0 Å². The highest BCUT2D eigenvalue weighted by molar-refractivity contribution is 5.68. The van der Waals surface area contributed by atoms with E-state index in [9.17, 15) is 14.4 Å². The number of H-pyrrole nitrogens is 1. The number of ether oxygens (including phenoxy) is 1. The van der Waals surface area contributed by atoms with Gasteiger partial charge in [0.15, 0.2) is 0 Å². The van der Waals surface area contributed by atoms with Gasteiger partial charge in [0.25, 0.3) is 5.56 Å². The van der Waals surface area contributed by atoms with E-state index in [-0.39, 0.29) is 6.09 Å². The molecule has 1 aliphatic rings.